The number of phosphoric ester groups is 2. The molecule has 3 aliphatic heterocycles. The van der Waals surface area contributed by atoms with Crippen LogP contribution in [0.25, 0.3) is 22.3 Å². The van der Waals surface area contributed by atoms with E-state index in [1.165, 1.54) is 0 Å². The van der Waals surface area contributed by atoms with E-state index in [0.29, 0.717) is 0 Å². The molecule has 0 saturated carbocycles. The number of carbonyl (C=O) groups is 2. The average Bonchev–Trinajstić information content (AvgIpc) is 3.83. The number of hydrogen-bond donors (Lipinski definition) is 9. The summed E-state index contributed by atoms with van der Waals surface area (Å²) in [6, 6.07) is -1.50. The molecule has 3 aliphatic rings. The van der Waals surface area contributed by atoms with E-state index in [-0.39, 0.29) is 53.5 Å². The Morgan fingerprint density at radius 1 is 0.852 bits per heavy atom. The van der Waals surface area contributed by atoms with E-state index in [4.69, 9.17) is 44.1 Å². The molecule has 3 fully saturated rings. The fraction of sp³-hybridized carbons (Fsp3) is 0.520. The van der Waals surface area contributed by atoms with E-state index < -0.39 is 101 Å². The number of nitrogens with two attached hydrogens (primary N) is 2. The van der Waals surface area contributed by atoms with Crippen LogP contribution >= 0.6 is 15.6 Å². The summed E-state index contributed by atoms with van der Waals surface area (Å²) in [5.74, 6) is -2.57. The number of nitrogens with zero attached hydrogens (tertiary/aromatic N) is 6. The van der Waals surface area contributed by atoms with Gasteiger partial charge in [0, 0.05) is 12.8 Å². The summed E-state index contributed by atoms with van der Waals surface area (Å²) >= 11 is 0. The summed E-state index contributed by atoms with van der Waals surface area (Å²) in [6.07, 6.45) is -10.2. The van der Waals surface area contributed by atoms with Crippen LogP contribution in [0.4, 0.5) is 11.9 Å². The van der Waals surface area contributed by atoms with Crippen molar-refractivity contribution < 1.29 is 66.3 Å². The lowest BCUT2D eigenvalue weighted by Crippen LogP contribution is -2.48. The first kappa shape index (κ1) is 37.6. The average molecular weight is 804 g/mol. The molecule has 0 bridgehead atoms. The molecule has 4 aromatic rings. The number of aromatic nitrogens is 8. The molecule has 27 nitrogen and oxygen atoms in total. The zero-order chi connectivity index (χ0) is 38.7. The third-order valence-corrected chi connectivity index (χ3v) is 10.5. The SMILES string of the molecule is Nc1nc2c(ncn2[C@@H]2O[C@@H]3COP(=O)(O)O[C@@H]4[C@H](O)[C@H](n5cnc6c(=O)[nH]c(N)nc65)O[C@@H]4COP(=O)(O)O[C@@H]3C2NC(=O)CCCC(=O)O)c(=O)[nH]1. The van der Waals surface area contributed by atoms with Gasteiger partial charge in [0.15, 0.2) is 34.8 Å². The van der Waals surface area contributed by atoms with Crippen LogP contribution in [0.3, 0.4) is 0 Å². The number of anilines is 2. The van der Waals surface area contributed by atoms with Gasteiger partial charge in [-0.1, -0.05) is 0 Å². The number of imidazole rings is 2. The molecule has 29 heteroatoms. The number of carbonyl (C=O) groups excluding carboxylic acids is 1. The van der Waals surface area contributed by atoms with Gasteiger partial charge >= 0.3 is 21.6 Å². The number of carboxylic acid groups (broad SMARTS) is 1. The largest absolute Gasteiger partial charge is 0.481 e. The van der Waals surface area contributed by atoms with Gasteiger partial charge in [-0.25, -0.2) is 19.1 Å². The van der Waals surface area contributed by atoms with E-state index >= 15 is 0 Å². The Bertz CT molecular complexity index is 2330. The first-order valence-corrected chi connectivity index (χ1v) is 18.8. The summed E-state index contributed by atoms with van der Waals surface area (Å²) < 4.78 is 62.3. The van der Waals surface area contributed by atoms with Crippen LogP contribution in [0.15, 0.2) is 22.2 Å². The van der Waals surface area contributed by atoms with Gasteiger partial charge in [0.05, 0.1) is 25.9 Å². The molecule has 4 aromatic heterocycles. The van der Waals surface area contributed by atoms with Crippen LogP contribution in [0, 0.1) is 0 Å². The van der Waals surface area contributed by atoms with E-state index in [9.17, 15) is 43.2 Å². The van der Waals surface area contributed by atoms with Crippen molar-refractivity contribution in [2.45, 2.75) is 68.3 Å². The number of hydrogen-bond acceptors (Lipinski definition) is 19. The zero-order valence-corrected chi connectivity index (χ0v) is 29.0. The van der Waals surface area contributed by atoms with Crippen LogP contribution in [0.5, 0.6) is 0 Å². The summed E-state index contributed by atoms with van der Waals surface area (Å²) in [4.78, 5) is 91.2. The molecule has 7 heterocycles. The van der Waals surface area contributed by atoms with Crippen molar-refractivity contribution in [3.63, 3.8) is 0 Å². The topological polar surface area (TPSA) is 396 Å². The van der Waals surface area contributed by atoms with Gasteiger partial charge in [-0.15, -0.1) is 0 Å². The number of aromatic amines is 2. The van der Waals surface area contributed by atoms with Gasteiger partial charge in [0.1, 0.15) is 36.6 Å². The van der Waals surface area contributed by atoms with Crippen LogP contribution in [-0.2, 0) is 46.3 Å². The first-order chi connectivity index (χ1) is 25.5. The number of aliphatic hydroxyl groups excluding tert-OH is 1. The van der Waals surface area contributed by atoms with Crippen LogP contribution in [-0.4, -0.2) is 121 Å². The highest BCUT2D eigenvalue weighted by Gasteiger charge is 2.54. The second kappa shape index (κ2) is 14.2. The highest BCUT2D eigenvalue weighted by molar-refractivity contribution is 7.47. The summed E-state index contributed by atoms with van der Waals surface area (Å²) in [5, 5.41) is 22.8. The maximum atomic E-state index is 13.5. The molecule has 292 valence electrons. The quantitative estimate of drug-likeness (QED) is 0.0860. The maximum Gasteiger partial charge on any atom is 0.472 e. The van der Waals surface area contributed by atoms with E-state index in [1.54, 1.807) is 0 Å². The molecule has 0 aromatic carbocycles. The highest BCUT2D eigenvalue weighted by atomic mass is 31.2. The predicted molar refractivity (Wildman–Crippen MR) is 174 cm³/mol. The molecule has 0 radical (unpaired) electrons. The molecule has 11 N–H and O–H groups in total. The molecule has 3 unspecified atom stereocenters. The lowest BCUT2D eigenvalue weighted by Gasteiger charge is -2.29. The van der Waals surface area contributed by atoms with Crippen molar-refractivity contribution in [1.82, 2.24) is 44.4 Å². The minimum absolute atomic E-state index is 0.101. The Morgan fingerprint density at radius 3 is 1.91 bits per heavy atom. The van der Waals surface area contributed by atoms with Gasteiger partial charge in [-0.3, -0.25) is 56.4 Å². The monoisotopic (exact) mass is 803 g/mol. The molecule has 7 rings (SSSR count). The fourth-order valence-corrected chi connectivity index (χ4v) is 8.16. The Morgan fingerprint density at radius 2 is 1.35 bits per heavy atom. The van der Waals surface area contributed by atoms with Gasteiger partial charge in [0.25, 0.3) is 11.1 Å². The van der Waals surface area contributed by atoms with Gasteiger partial charge < -0.3 is 46.3 Å². The van der Waals surface area contributed by atoms with Crippen molar-refractivity contribution in [2.24, 2.45) is 0 Å². The lowest BCUT2D eigenvalue weighted by molar-refractivity contribution is -0.137. The maximum absolute atomic E-state index is 13.5. The number of H-pyrrole nitrogens is 2. The third kappa shape index (κ3) is 7.38. The van der Waals surface area contributed by atoms with E-state index in [0.717, 1.165) is 21.8 Å². The Labute approximate surface area is 298 Å². The van der Waals surface area contributed by atoms with Gasteiger partial charge in [-0.05, 0) is 6.42 Å². The third-order valence-electron chi connectivity index (χ3n) is 8.54. The number of aliphatic hydroxyl groups is 1. The summed E-state index contributed by atoms with van der Waals surface area (Å²) in [7, 11) is -10.5. The standard InChI is InChI=1S/C25H31N11O16P2/c26-24-31-18-13(20(41)33-24)28-6-35(18)22-12(30-10(37)2-1-3-11(38)39)16-8(49-22)4-47-54(45,46)52-17-9(5-48-53(43,44)51-16)50-23(15(17)40)36-7-29-14-19(36)32-25(27)34-21(14)42/h6-9,12,15-17,22-23,40H,1-5H2,(H,30,37)(H,38,39)(H,43,44)(H,45,46)(H3,26,31,33,41)(H3,27,32,34,42)/t8-,9-,12?,15+,16+,17+,22-,23-/m1/s1. The second-order valence-corrected chi connectivity index (χ2v) is 15.0. The highest BCUT2D eigenvalue weighted by Crippen LogP contribution is 2.53. The van der Waals surface area contributed by atoms with Crippen molar-refractivity contribution in [1.29, 1.82) is 0 Å². The molecule has 1 amide bonds. The predicted octanol–water partition coefficient (Wildman–Crippen LogP) is -2.67. The van der Waals surface area contributed by atoms with Gasteiger partial charge in [0.2, 0.25) is 17.8 Å². The lowest BCUT2D eigenvalue weighted by atomic mass is 10.1. The Kier molecular flexibility index (Phi) is 9.90. The molecule has 0 spiro atoms. The molecular weight excluding hydrogens is 772 g/mol. The smallest absolute Gasteiger partial charge is 0.472 e. The van der Waals surface area contributed by atoms with Crippen molar-refractivity contribution >= 4 is 61.7 Å². The summed E-state index contributed by atoms with van der Waals surface area (Å²) in [6.45, 7) is -1.86. The number of phosphoric acid groups is 2. The van der Waals surface area contributed by atoms with Crippen molar-refractivity contribution in [3.05, 3.63) is 33.4 Å². The minimum atomic E-state index is -5.25. The molecule has 3 saturated heterocycles. The number of amides is 1. The second-order valence-electron chi connectivity index (χ2n) is 12.2. The van der Waals surface area contributed by atoms with Crippen LogP contribution in [0.2, 0.25) is 0 Å². The summed E-state index contributed by atoms with van der Waals surface area (Å²) in [5.41, 5.74) is 9.20. The Balaban J connectivity index is 1.20. The zero-order valence-electron chi connectivity index (χ0n) is 27.2. The number of ether oxygens (including phenoxy) is 2. The molecule has 0 aliphatic carbocycles. The number of rotatable bonds is 7. The number of nitrogen functional groups attached to an aromatic ring is 2. The van der Waals surface area contributed by atoms with E-state index in [2.05, 4.69) is 35.2 Å². The molecule has 54 heavy (non-hydrogen) atoms. The number of carboxylic acids is 1. The van der Waals surface area contributed by atoms with Crippen molar-refractivity contribution in [3.8, 4) is 0 Å². The normalized spacial score (nSPS) is 33.2. The molecule has 10 atom stereocenters. The van der Waals surface area contributed by atoms with Gasteiger partial charge in [-0.2, -0.15) is 9.97 Å². The number of nitrogens with one attached hydrogen (secondary N) is 3. The van der Waals surface area contributed by atoms with Crippen LogP contribution < -0.4 is 27.9 Å². The molecular formula is C25H31N11O16P2. The van der Waals surface area contributed by atoms with Crippen molar-refractivity contribution in [2.75, 3.05) is 24.7 Å². The fourth-order valence-electron chi connectivity index (χ4n) is 6.23. The van der Waals surface area contributed by atoms with Crippen LogP contribution in [0.1, 0.15) is 31.7 Å². The number of fused-ring (bicyclic) bond motifs is 4. The minimum Gasteiger partial charge on any atom is -0.481 e. The first-order valence-electron chi connectivity index (χ1n) is 15.8. The number of aliphatic carboxylic acids is 1. The Hall–Kier alpha value is -4.66. The van der Waals surface area contributed by atoms with E-state index in [1.807, 2.05) is 0 Å².